The fourth-order valence-corrected chi connectivity index (χ4v) is 4.45. The third-order valence-electron chi connectivity index (χ3n) is 6.08. The van der Waals surface area contributed by atoms with Crippen molar-refractivity contribution in [2.75, 3.05) is 26.2 Å². The quantitative estimate of drug-likeness (QED) is 0.609. The number of nitrogens with one attached hydrogen (secondary N) is 2. The Morgan fingerprint density at radius 3 is 2.90 bits per heavy atom. The Balaban J connectivity index is 1.51. The number of hydrogen-bond acceptors (Lipinski definition) is 7. The van der Waals surface area contributed by atoms with E-state index in [1.807, 2.05) is 11.8 Å². The standard InChI is InChI=1S/C22H27ClFN7/c1-13-2-3-16(24)21(23)15(13)12-31-9-8-28-22(26)20(31)10-17(25)19-11-18(29-30-19)14-4-6-27-7-5-14/h2-3,10,14,25,27H,4-9,11-12H2,1H3,(H2,26,28)/b20-10+,25-17?. The molecular weight excluding hydrogens is 417 g/mol. The van der Waals surface area contributed by atoms with Gasteiger partial charge >= 0.3 is 0 Å². The number of nitrogens with two attached hydrogens (primary N) is 1. The molecule has 0 amide bonds. The Morgan fingerprint density at radius 1 is 1.35 bits per heavy atom. The van der Waals surface area contributed by atoms with Crippen molar-refractivity contribution in [1.82, 2.24) is 10.2 Å². The molecule has 1 aromatic rings. The van der Waals surface area contributed by atoms with Crippen molar-refractivity contribution in [3.05, 3.63) is 45.9 Å². The number of benzene rings is 1. The van der Waals surface area contributed by atoms with E-state index in [1.54, 1.807) is 12.1 Å². The number of amidine groups is 1. The second-order valence-electron chi connectivity index (χ2n) is 8.13. The van der Waals surface area contributed by atoms with Gasteiger partial charge in [0.1, 0.15) is 11.7 Å². The lowest BCUT2D eigenvalue weighted by molar-refractivity contribution is 0.352. The summed E-state index contributed by atoms with van der Waals surface area (Å²) in [6.07, 6.45) is 4.40. The maximum absolute atomic E-state index is 14.0. The van der Waals surface area contributed by atoms with Gasteiger partial charge < -0.3 is 16.0 Å². The van der Waals surface area contributed by atoms with E-state index in [-0.39, 0.29) is 10.7 Å². The van der Waals surface area contributed by atoms with Crippen LogP contribution in [-0.2, 0) is 6.54 Å². The molecule has 4 N–H and O–H groups in total. The summed E-state index contributed by atoms with van der Waals surface area (Å²) in [4.78, 5) is 6.33. The SMILES string of the molecule is Cc1ccc(F)c(Cl)c1CN1CCN=C(N)/C1=C\C(=N)C1=NN=C(C2CCNCC2)C1. The maximum atomic E-state index is 14.0. The summed E-state index contributed by atoms with van der Waals surface area (Å²) in [6.45, 7) is 5.41. The van der Waals surface area contributed by atoms with Crippen molar-refractivity contribution < 1.29 is 4.39 Å². The van der Waals surface area contributed by atoms with E-state index in [9.17, 15) is 4.39 Å². The van der Waals surface area contributed by atoms with Gasteiger partial charge in [0.05, 0.1) is 28.7 Å². The zero-order valence-corrected chi connectivity index (χ0v) is 18.3. The predicted molar refractivity (Wildman–Crippen MR) is 124 cm³/mol. The van der Waals surface area contributed by atoms with E-state index >= 15 is 0 Å². The van der Waals surface area contributed by atoms with Crippen LogP contribution in [0.2, 0.25) is 5.02 Å². The van der Waals surface area contributed by atoms with Crippen molar-refractivity contribution in [2.45, 2.75) is 32.7 Å². The third kappa shape index (κ3) is 4.70. The topological polar surface area (TPSA) is 102 Å². The molecule has 3 aliphatic heterocycles. The molecule has 0 saturated carbocycles. The molecule has 0 spiro atoms. The number of piperidine rings is 1. The number of rotatable bonds is 5. The summed E-state index contributed by atoms with van der Waals surface area (Å²) in [5, 5.41) is 20.7. The summed E-state index contributed by atoms with van der Waals surface area (Å²) in [6, 6.07) is 3.09. The van der Waals surface area contributed by atoms with E-state index in [1.165, 1.54) is 6.07 Å². The summed E-state index contributed by atoms with van der Waals surface area (Å²) in [5.41, 5.74) is 10.4. The number of hydrogen-bond donors (Lipinski definition) is 3. The van der Waals surface area contributed by atoms with Gasteiger partial charge in [-0.1, -0.05) is 17.7 Å². The van der Waals surface area contributed by atoms with E-state index in [0.29, 0.717) is 54.8 Å². The molecule has 0 bridgehead atoms. The molecule has 0 aliphatic carbocycles. The van der Waals surface area contributed by atoms with E-state index < -0.39 is 5.82 Å². The fraction of sp³-hybridized carbons (Fsp3) is 0.455. The zero-order chi connectivity index (χ0) is 22.0. The molecule has 4 rings (SSSR count). The average Bonchev–Trinajstić information content (AvgIpc) is 3.27. The molecule has 0 unspecified atom stereocenters. The highest BCUT2D eigenvalue weighted by Crippen LogP contribution is 2.27. The normalized spacial score (nSPS) is 21.2. The van der Waals surface area contributed by atoms with Gasteiger partial charge in [0.15, 0.2) is 0 Å². The Labute approximate surface area is 186 Å². The van der Waals surface area contributed by atoms with E-state index in [4.69, 9.17) is 22.7 Å². The summed E-state index contributed by atoms with van der Waals surface area (Å²) < 4.78 is 14.0. The van der Waals surface area contributed by atoms with Crippen LogP contribution in [-0.4, -0.2) is 54.0 Å². The number of aryl methyl sites for hydroxylation is 1. The van der Waals surface area contributed by atoms with Crippen LogP contribution in [0.5, 0.6) is 0 Å². The van der Waals surface area contributed by atoms with Crippen molar-refractivity contribution in [1.29, 1.82) is 5.41 Å². The van der Waals surface area contributed by atoms with Gasteiger partial charge in [-0.05, 0) is 56.1 Å². The Morgan fingerprint density at radius 2 is 2.13 bits per heavy atom. The molecule has 3 aliphatic rings. The molecule has 7 nitrogen and oxygen atoms in total. The van der Waals surface area contributed by atoms with Crippen LogP contribution in [0, 0.1) is 24.1 Å². The summed E-state index contributed by atoms with van der Waals surface area (Å²) in [7, 11) is 0. The second-order valence-corrected chi connectivity index (χ2v) is 8.51. The molecule has 0 radical (unpaired) electrons. The molecule has 31 heavy (non-hydrogen) atoms. The van der Waals surface area contributed by atoms with Crippen LogP contribution in [0.15, 0.2) is 39.1 Å². The lowest BCUT2D eigenvalue weighted by Crippen LogP contribution is -2.38. The minimum Gasteiger partial charge on any atom is -0.382 e. The first-order valence-corrected chi connectivity index (χ1v) is 10.9. The predicted octanol–water partition coefficient (Wildman–Crippen LogP) is 3.06. The Kier molecular flexibility index (Phi) is 6.48. The van der Waals surface area contributed by atoms with Gasteiger partial charge in [0, 0.05) is 31.1 Å². The molecule has 0 aromatic heterocycles. The maximum Gasteiger partial charge on any atom is 0.142 e. The van der Waals surface area contributed by atoms with Crippen molar-refractivity contribution in [3.8, 4) is 0 Å². The van der Waals surface area contributed by atoms with E-state index in [0.717, 1.165) is 37.2 Å². The smallest absolute Gasteiger partial charge is 0.142 e. The number of halogens is 2. The van der Waals surface area contributed by atoms with Gasteiger partial charge in [0.25, 0.3) is 0 Å². The van der Waals surface area contributed by atoms with Crippen LogP contribution in [0.25, 0.3) is 0 Å². The van der Waals surface area contributed by atoms with Gasteiger partial charge in [-0.25, -0.2) is 4.39 Å². The molecule has 164 valence electrons. The first-order chi connectivity index (χ1) is 14.9. The minimum atomic E-state index is -0.443. The van der Waals surface area contributed by atoms with Crippen LogP contribution in [0.4, 0.5) is 4.39 Å². The molecule has 1 aromatic carbocycles. The highest BCUT2D eigenvalue weighted by atomic mass is 35.5. The molecule has 9 heteroatoms. The first kappa shape index (κ1) is 21.6. The summed E-state index contributed by atoms with van der Waals surface area (Å²) >= 11 is 6.24. The van der Waals surface area contributed by atoms with Gasteiger partial charge in [0.2, 0.25) is 0 Å². The molecule has 1 fully saturated rings. The molecule has 3 heterocycles. The number of aliphatic imine (C=N–C) groups is 1. The van der Waals surface area contributed by atoms with Gasteiger partial charge in [-0.3, -0.25) is 10.4 Å². The highest BCUT2D eigenvalue weighted by Gasteiger charge is 2.26. The van der Waals surface area contributed by atoms with Crippen molar-refractivity contribution in [3.63, 3.8) is 0 Å². The van der Waals surface area contributed by atoms with Crippen LogP contribution in [0.1, 0.15) is 30.4 Å². The Hall–Kier alpha value is -2.58. The van der Waals surface area contributed by atoms with E-state index in [2.05, 4.69) is 20.5 Å². The van der Waals surface area contributed by atoms with Crippen LogP contribution in [0.3, 0.4) is 0 Å². The Bertz CT molecular complexity index is 1010. The number of nitrogens with zero attached hydrogens (tertiary/aromatic N) is 4. The summed E-state index contributed by atoms with van der Waals surface area (Å²) in [5.74, 6) is 0.347. The van der Waals surface area contributed by atoms with Crippen LogP contribution >= 0.6 is 11.6 Å². The lowest BCUT2D eigenvalue weighted by atomic mass is 9.90. The lowest BCUT2D eigenvalue weighted by Gasteiger charge is -2.31. The molecule has 1 saturated heterocycles. The average molecular weight is 444 g/mol. The van der Waals surface area contributed by atoms with Crippen LogP contribution < -0.4 is 11.1 Å². The minimum absolute atomic E-state index is 0.121. The van der Waals surface area contributed by atoms with Gasteiger partial charge in [-0.15, -0.1) is 0 Å². The molecular formula is C22H27ClFN7. The monoisotopic (exact) mass is 443 g/mol. The highest BCUT2D eigenvalue weighted by molar-refractivity contribution is 6.49. The first-order valence-electron chi connectivity index (χ1n) is 10.6. The third-order valence-corrected chi connectivity index (χ3v) is 6.49. The fourth-order valence-electron chi connectivity index (χ4n) is 4.18. The second kappa shape index (κ2) is 9.28. The number of allylic oxidation sites excluding steroid dienone is 1. The largest absolute Gasteiger partial charge is 0.382 e. The zero-order valence-electron chi connectivity index (χ0n) is 17.6. The van der Waals surface area contributed by atoms with Crippen molar-refractivity contribution >= 4 is 34.6 Å². The van der Waals surface area contributed by atoms with Crippen molar-refractivity contribution in [2.24, 2.45) is 26.8 Å². The van der Waals surface area contributed by atoms with Gasteiger partial charge in [-0.2, -0.15) is 10.2 Å². The molecule has 0 atom stereocenters.